The number of pyridine rings is 1. The molecule has 1 spiro atoms. The number of piperidine rings is 1. The number of nitrogens with zero attached hydrogens (tertiary/aromatic N) is 2. The van der Waals surface area contributed by atoms with Crippen LogP contribution < -0.4 is 17.7 Å². The first kappa shape index (κ1) is 23.1. The SMILES string of the molecule is O=C([C@@H]1C[NH2+]C[C@]12CCCc1nc(Cl)ccc12)N1CCC(c2ccccc2)CC1C1CC1.[Cl-]. The monoisotopic (exact) mass is 485 g/mol. The molecule has 4 atom stereocenters. The summed E-state index contributed by atoms with van der Waals surface area (Å²) in [7, 11) is 0. The Labute approximate surface area is 207 Å². The van der Waals surface area contributed by atoms with Gasteiger partial charge in [0.1, 0.15) is 11.1 Å². The molecule has 33 heavy (non-hydrogen) atoms. The predicted molar refractivity (Wildman–Crippen MR) is 126 cm³/mol. The van der Waals surface area contributed by atoms with Crippen LogP contribution in [-0.2, 0) is 16.6 Å². The molecule has 1 aromatic carbocycles. The van der Waals surface area contributed by atoms with Crippen LogP contribution in [0.25, 0.3) is 0 Å². The van der Waals surface area contributed by atoms with E-state index >= 15 is 0 Å². The summed E-state index contributed by atoms with van der Waals surface area (Å²) >= 11 is 6.22. The Morgan fingerprint density at radius 1 is 1.12 bits per heavy atom. The molecule has 176 valence electrons. The van der Waals surface area contributed by atoms with Gasteiger partial charge in [-0.2, -0.15) is 0 Å². The number of aryl methyl sites for hydroxylation is 1. The first-order valence-electron chi connectivity index (χ1n) is 12.5. The molecule has 2 aliphatic carbocycles. The quantitative estimate of drug-likeness (QED) is 0.650. The van der Waals surface area contributed by atoms with Gasteiger partial charge < -0.3 is 22.6 Å². The van der Waals surface area contributed by atoms with Crippen LogP contribution in [0, 0.1) is 11.8 Å². The summed E-state index contributed by atoms with van der Waals surface area (Å²) in [5, 5.41) is 2.94. The number of hydrogen-bond acceptors (Lipinski definition) is 2. The maximum Gasteiger partial charge on any atom is 0.232 e. The van der Waals surface area contributed by atoms with Gasteiger partial charge in [-0.1, -0.05) is 48.0 Å². The minimum atomic E-state index is -0.0768. The van der Waals surface area contributed by atoms with Crippen molar-refractivity contribution >= 4 is 17.5 Å². The minimum Gasteiger partial charge on any atom is -1.00 e. The molecule has 1 saturated carbocycles. The van der Waals surface area contributed by atoms with Crippen molar-refractivity contribution in [1.82, 2.24) is 9.88 Å². The van der Waals surface area contributed by atoms with Gasteiger partial charge in [0.2, 0.25) is 5.91 Å². The largest absolute Gasteiger partial charge is 1.00 e. The molecule has 2 aliphatic heterocycles. The standard InChI is InChI=1S/C27H32ClN3O.ClH/c28-25-11-10-21-23(30-25)7-4-13-27(21)17-29-16-22(27)26(32)31-14-12-20(15-24(31)19-8-9-19)18-5-2-1-3-6-18;/h1-3,5-6,10-11,19-20,22,24,29H,4,7-9,12-17H2;1H/t20?,22-,24?,27-;/m0./s1. The van der Waals surface area contributed by atoms with E-state index in [-0.39, 0.29) is 23.7 Å². The number of nitrogens with two attached hydrogens (primary N) is 1. The maximum absolute atomic E-state index is 14.2. The van der Waals surface area contributed by atoms with Gasteiger partial charge in [0, 0.05) is 18.3 Å². The fourth-order valence-electron chi connectivity index (χ4n) is 7.04. The Hall–Kier alpha value is -1.62. The van der Waals surface area contributed by atoms with Crippen LogP contribution in [0.1, 0.15) is 61.3 Å². The van der Waals surface area contributed by atoms with Crippen LogP contribution >= 0.6 is 11.6 Å². The van der Waals surface area contributed by atoms with E-state index in [1.165, 1.54) is 24.0 Å². The van der Waals surface area contributed by atoms with E-state index in [4.69, 9.17) is 11.6 Å². The minimum absolute atomic E-state index is 0. The number of likely N-dealkylation sites (tertiary alicyclic amines) is 1. The third-order valence-corrected chi connectivity index (χ3v) is 8.96. The first-order chi connectivity index (χ1) is 15.7. The van der Waals surface area contributed by atoms with E-state index in [0.717, 1.165) is 57.4 Å². The van der Waals surface area contributed by atoms with Crippen molar-refractivity contribution in [1.29, 1.82) is 0 Å². The highest BCUT2D eigenvalue weighted by molar-refractivity contribution is 6.29. The van der Waals surface area contributed by atoms with Gasteiger partial charge in [0.15, 0.2) is 0 Å². The molecule has 2 aromatic rings. The van der Waals surface area contributed by atoms with Crippen LogP contribution in [0.15, 0.2) is 42.5 Å². The number of carbonyl (C=O) groups excluding carboxylic acids is 1. The molecule has 2 N–H and O–H groups in total. The highest BCUT2D eigenvalue weighted by Crippen LogP contribution is 2.47. The predicted octanol–water partition coefficient (Wildman–Crippen LogP) is 0.691. The zero-order valence-electron chi connectivity index (χ0n) is 19.1. The van der Waals surface area contributed by atoms with E-state index in [0.29, 0.717) is 28.9 Å². The number of halogens is 2. The van der Waals surface area contributed by atoms with Crippen molar-refractivity contribution in [3.63, 3.8) is 0 Å². The van der Waals surface area contributed by atoms with Gasteiger partial charge in [-0.3, -0.25) is 4.79 Å². The van der Waals surface area contributed by atoms with E-state index in [1.54, 1.807) is 0 Å². The Morgan fingerprint density at radius 2 is 1.94 bits per heavy atom. The van der Waals surface area contributed by atoms with Crippen LogP contribution in [-0.4, -0.2) is 41.5 Å². The molecular formula is C27H33Cl2N3O. The number of rotatable bonds is 3. The van der Waals surface area contributed by atoms with Gasteiger partial charge in [0.05, 0.1) is 18.5 Å². The van der Waals surface area contributed by atoms with E-state index in [9.17, 15) is 4.79 Å². The second kappa shape index (κ2) is 9.20. The number of amides is 1. The number of quaternary nitrogens is 1. The molecular weight excluding hydrogens is 453 g/mol. The number of aromatic nitrogens is 1. The fraction of sp³-hybridized carbons (Fsp3) is 0.556. The maximum atomic E-state index is 14.2. The highest BCUT2D eigenvalue weighted by atomic mass is 35.5. The third-order valence-electron chi connectivity index (χ3n) is 8.75. The molecule has 0 bridgehead atoms. The number of carbonyl (C=O) groups is 1. The molecule has 4 nitrogen and oxygen atoms in total. The van der Waals surface area contributed by atoms with Crippen molar-refractivity contribution in [3.8, 4) is 0 Å². The zero-order chi connectivity index (χ0) is 21.7. The van der Waals surface area contributed by atoms with Crippen molar-refractivity contribution < 1.29 is 22.5 Å². The topological polar surface area (TPSA) is 49.8 Å². The average molecular weight is 486 g/mol. The summed E-state index contributed by atoms with van der Waals surface area (Å²) in [5.41, 5.74) is 3.79. The van der Waals surface area contributed by atoms with Crippen molar-refractivity contribution in [2.45, 2.75) is 62.3 Å². The lowest BCUT2D eigenvalue weighted by molar-refractivity contribution is -0.640. The summed E-state index contributed by atoms with van der Waals surface area (Å²) in [5.74, 6) is 1.74. The number of fused-ring (bicyclic) bond motifs is 2. The van der Waals surface area contributed by atoms with E-state index < -0.39 is 0 Å². The van der Waals surface area contributed by atoms with Gasteiger partial charge in [-0.05, 0) is 74.0 Å². The second-order valence-electron chi connectivity index (χ2n) is 10.5. The van der Waals surface area contributed by atoms with Crippen molar-refractivity contribution in [2.75, 3.05) is 19.6 Å². The van der Waals surface area contributed by atoms with Gasteiger partial charge in [-0.25, -0.2) is 4.98 Å². The van der Waals surface area contributed by atoms with Crippen molar-refractivity contribution in [2.24, 2.45) is 11.8 Å². The number of benzene rings is 1. The molecule has 2 saturated heterocycles. The lowest BCUT2D eigenvalue weighted by atomic mass is 9.65. The lowest BCUT2D eigenvalue weighted by Crippen LogP contribution is -3.00. The Balaban J connectivity index is 0.00000228. The molecule has 2 unspecified atom stereocenters. The van der Waals surface area contributed by atoms with Crippen LogP contribution in [0.3, 0.4) is 0 Å². The summed E-state index contributed by atoms with van der Waals surface area (Å²) in [6, 6.07) is 15.4. The second-order valence-corrected chi connectivity index (χ2v) is 10.9. The molecule has 6 rings (SSSR count). The summed E-state index contributed by atoms with van der Waals surface area (Å²) < 4.78 is 0. The molecule has 6 heteroatoms. The normalized spacial score (nSPS) is 31.2. The molecule has 4 aliphatic rings. The average Bonchev–Trinajstić information content (AvgIpc) is 3.60. The molecule has 3 heterocycles. The summed E-state index contributed by atoms with van der Waals surface area (Å²) in [6.45, 7) is 2.79. The smallest absolute Gasteiger partial charge is 0.232 e. The van der Waals surface area contributed by atoms with E-state index in [1.807, 2.05) is 6.07 Å². The number of hydrogen-bond donors (Lipinski definition) is 1. The summed E-state index contributed by atoms with van der Waals surface area (Å²) in [6.07, 6.45) is 7.93. The van der Waals surface area contributed by atoms with Crippen LogP contribution in [0.2, 0.25) is 5.15 Å². The third kappa shape index (κ3) is 4.09. The molecule has 1 amide bonds. The van der Waals surface area contributed by atoms with Gasteiger partial charge in [0.25, 0.3) is 0 Å². The fourth-order valence-corrected chi connectivity index (χ4v) is 7.20. The lowest BCUT2D eigenvalue weighted by Gasteiger charge is -2.44. The Bertz CT molecular complexity index is 1010. The van der Waals surface area contributed by atoms with Crippen LogP contribution in [0.5, 0.6) is 0 Å². The van der Waals surface area contributed by atoms with E-state index in [2.05, 4.69) is 51.6 Å². The van der Waals surface area contributed by atoms with Crippen molar-refractivity contribution in [3.05, 3.63) is 64.4 Å². The Morgan fingerprint density at radius 3 is 2.73 bits per heavy atom. The highest BCUT2D eigenvalue weighted by Gasteiger charge is 2.55. The van der Waals surface area contributed by atoms with Crippen LogP contribution in [0.4, 0.5) is 0 Å². The molecule has 1 aromatic heterocycles. The first-order valence-corrected chi connectivity index (χ1v) is 12.9. The molecule has 0 radical (unpaired) electrons. The Kier molecular flexibility index (Phi) is 6.45. The van der Waals surface area contributed by atoms with Gasteiger partial charge >= 0.3 is 0 Å². The summed E-state index contributed by atoms with van der Waals surface area (Å²) in [4.78, 5) is 21.2. The van der Waals surface area contributed by atoms with Gasteiger partial charge in [-0.15, -0.1) is 0 Å². The molecule has 3 fully saturated rings. The zero-order valence-corrected chi connectivity index (χ0v) is 20.6.